The molecule has 1 aromatic heterocycles. The Hall–Kier alpha value is -2.30. The van der Waals surface area contributed by atoms with Gasteiger partial charge in [0.1, 0.15) is 0 Å². The summed E-state index contributed by atoms with van der Waals surface area (Å²) >= 11 is 0. The number of hydrogen-bond acceptors (Lipinski definition) is 5. The van der Waals surface area contributed by atoms with Crippen molar-refractivity contribution >= 4 is 7.60 Å². The van der Waals surface area contributed by atoms with Crippen LogP contribution in [-0.2, 0) is 25.0 Å². The lowest BCUT2D eigenvalue weighted by Crippen LogP contribution is -2.05. The molecule has 1 heterocycles. The van der Waals surface area contributed by atoms with Crippen LogP contribution < -0.4 is 0 Å². The average molecular weight is 454 g/mol. The highest BCUT2D eigenvalue weighted by Gasteiger charge is 2.22. The van der Waals surface area contributed by atoms with Crippen molar-refractivity contribution in [2.45, 2.75) is 33.8 Å². The molecule has 0 spiro atoms. The van der Waals surface area contributed by atoms with Crippen LogP contribution in [0.1, 0.15) is 31.5 Å². The maximum Gasteiger partial charge on any atom is 0.330 e. The summed E-state index contributed by atoms with van der Waals surface area (Å²) < 4.78 is 29.0. The van der Waals surface area contributed by atoms with Crippen molar-refractivity contribution in [1.29, 1.82) is 0 Å². The first-order valence-corrected chi connectivity index (χ1v) is 12.9. The van der Waals surface area contributed by atoms with Gasteiger partial charge in [-0.2, -0.15) is 0 Å². The lowest BCUT2D eigenvalue weighted by Gasteiger charge is -2.16. The molecule has 0 saturated carbocycles. The van der Waals surface area contributed by atoms with Gasteiger partial charge in [-0.15, -0.1) is 0 Å². The second-order valence-electron chi connectivity index (χ2n) is 7.51. The van der Waals surface area contributed by atoms with E-state index >= 15 is 0 Å². The summed E-state index contributed by atoms with van der Waals surface area (Å²) in [6.45, 7) is 7.32. The standard InChI is InChI=1S/C26H32NO4P/c1-4-30-32(28,31-5-2)19-9-18-29-20-24-16-17-25(22-14-12-21(3)13-15-22)26(27-24)23-10-7-6-8-11-23/h6-8,10-17H,4-5,9,18-20H2,1-3H3. The van der Waals surface area contributed by atoms with Gasteiger partial charge in [0.25, 0.3) is 0 Å². The van der Waals surface area contributed by atoms with Crippen LogP contribution in [0.25, 0.3) is 22.4 Å². The first kappa shape index (κ1) is 24.3. The quantitative estimate of drug-likeness (QED) is 0.221. The number of rotatable bonds is 12. The van der Waals surface area contributed by atoms with Crippen LogP contribution >= 0.6 is 7.60 Å². The largest absolute Gasteiger partial charge is 0.375 e. The van der Waals surface area contributed by atoms with Gasteiger partial charge in [0.15, 0.2) is 0 Å². The highest BCUT2D eigenvalue weighted by Crippen LogP contribution is 2.48. The van der Waals surface area contributed by atoms with E-state index in [9.17, 15) is 4.57 Å². The zero-order valence-electron chi connectivity index (χ0n) is 19.1. The molecule has 6 heteroatoms. The second kappa shape index (κ2) is 12.1. The first-order chi connectivity index (χ1) is 15.5. The summed E-state index contributed by atoms with van der Waals surface area (Å²) in [6.07, 6.45) is 0.952. The van der Waals surface area contributed by atoms with Crippen molar-refractivity contribution in [2.24, 2.45) is 0 Å². The van der Waals surface area contributed by atoms with Crippen LogP contribution in [0.15, 0.2) is 66.7 Å². The molecule has 5 nitrogen and oxygen atoms in total. The molecule has 0 unspecified atom stereocenters. The fraction of sp³-hybridized carbons (Fsp3) is 0.346. The van der Waals surface area contributed by atoms with Crippen molar-refractivity contribution in [3.63, 3.8) is 0 Å². The van der Waals surface area contributed by atoms with Gasteiger partial charge in [-0.25, -0.2) is 4.98 Å². The summed E-state index contributed by atoms with van der Waals surface area (Å²) in [7, 11) is -3.02. The SMILES string of the molecule is CCOP(=O)(CCCOCc1ccc(-c2ccc(C)cc2)c(-c2ccccc2)n1)OCC. The third kappa shape index (κ3) is 6.85. The van der Waals surface area contributed by atoms with Crippen molar-refractivity contribution in [1.82, 2.24) is 4.98 Å². The number of aromatic nitrogens is 1. The topological polar surface area (TPSA) is 57.7 Å². The minimum absolute atomic E-state index is 0.351. The molecule has 0 saturated heterocycles. The molecule has 0 radical (unpaired) electrons. The molecule has 170 valence electrons. The third-order valence-electron chi connectivity index (χ3n) is 4.98. The summed E-state index contributed by atoms with van der Waals surface area (Å²) in [6, 6.07) is 22.8. The Morgan fingerprint density at radius 1 is 0.844 bits per heavy atom. The highest BCUT2D eigenvalue weighted by atomic mass is 31.2. The molecule has 0 amide bonds. The number of nitrogens with zero attached hydrogens (tertiary/aromatic N) is 1. The van der Waals surface area contributed by atoms with E-state index in [4.69, 9.17) is 18.8 Å². The van der Waals surface area contributed by atoms with Gasteiger partial charge >= 0.3 is 7.60 Å². The molecule has 32 heavy (non-hydrogen) atoms. The van der Waals surface area contributed by atoms with E-state index in [1.54, 1.807) is 0 Å². The minimum Gasteiger partial charge on any atom is -0.375 e. The molecular weight excluding hydrogens is 421 g/mol. The highest BCUT2D eigenvalue weighted by molar-refractivity contribution is 7.53. The minimum atomic E-state index is -3.02. The molecule has 0 aliphatic heterocycles. The Kier molecular flexibility index (Phi) is 9.19. The maximum atomic E-state index is 12.5. The average Bonchev–Trinajstić information content (AvgIpc) is 2.80. The van der Waals surface area contributed by atoms with E-state index in [0.717, 1.165) is 28.1 Å². The van der Waals surface area contributed by atoms with Gasteiger partial charge < -0.3 is 13.8 Å². The molecule has 2 aromatic carbocycles. The normalized spacial score (nSPS) is 11.6. The number of aryl methyl sites for hydroxylation is 1. The Labute approximate surface area is 191 Å². The number of benzene rings is 2. The fourth-order valence-electron chi connectivity index (χ4n) is 3.46. The van der Waals surface area contributed by atoms with E-state index in [-0.39, 0.29) is 0 Å². The number of hydrogen-bond donors (Lipinski definition) is 0. The lowest BCUT2D eigenvalue weighted by molar-refractivity contribution is 0.117. The van der Waals surface area contributed by atoms with Crippen molar-refractivity contribution in [3.05, 3.63) is 78.0 Å². The Bertz CT molecular complexity index is 1010. The van der Waals surface area contributed by atoms with E-state index in [1.165, 1.54) is 5.56 Å². The van der Waals surface area contributed by atoms with Crippen LogP contribution in [0.5, 0.6) is 0 Å². The van der Waals surface area contributed by atoms with Gasteiger partial charge in [0.05, 0.1) is 37.4 Å². The van der Waals surface area contributed by atoms with Gasteiger partial charge in [-0.05, 0) is 38.8 Å². The predicted octanol–water partition coefficient (Wildman–Crippen LogP) is 6.90. The van der Waals surface area contributed by atoms with Crippen LogP contribution in [0.4, 0.5) is 0 Å². The molecule has 0 bridgehead atoms. The molecule has 3 rings (SSSR count). The van der Waals surface area contributed by atoms with Crippen LogP contribution in [0, 0.1) is 6.92 Å². The molecule has 0 N–H and O–H groups in total. The van der Waals surface area contributed by atoms with Crippen LogP contribution in [-0.4, -0.2) is 31.0 Å². The van der Waals surface area contributed by atoms with Gasteiger partial charge in [0.2, 0.25) is 0 Å². The van der Waals surface area contributed by atoms with Crippen LogP contribution in [0.3, 0.4) is 0 Å². The van der Waals surface area contributed by atoms with Gasteiger partial charge in [-0.1, -0.05) is 66.2 Å². The zero-order valence-corrected chi connectivity index (χ0v) is 20.0. The van der Waals surface area contributed by atoms with Crippen LogP contribution in [0.2, 0.25) is 0 Å². The summed E-state index contributed by atoms with van der Waals surface area (Å²) in [4.78, 5) is 4.92. The Balaban J connectivity index is 1.69. The monoisotopic (exact) mass is 453 g/mol. The first-order valence-electron chi connectivity index (χ1n) is 11.1. The summed E-state index contributed by atoms with van der Waals surface area (Å²) in [5.41, 5.74) is 6.32. The molecule has 0 atom stereocenters. The van der Waals surface area contributed by atoms with Crippen molar-refractivity contribution in [3.8, 4) is 22.4 Å². The lowest BCUT2D eigenvalue weighted by atomic mass is 9.98. The van der Waals surface area contributed by atoms with Crippen molar-refractivity contribution < 1.29 is 18.3 Å². The molecule has 0 aliphatic carbocycles. The van der Waals surface area contributed by atoms with Gasteiger partial charge in [0, 0.05) is 17.7 Å². The molecule has 0 fully saturated rings. The Morgan fingerprint density at radius 2 is 1.53 bits per heavy atom. The molecule has 0 aliphatic rings. The summed E-state index contributed by atoms with van der Waals surface area (Å²) in [5.74, 6) is 0. The predicted molar refractivity (Wildman–Crippen MR) is 130 cm³/mol. The molecular formula is C26H32NO4P. The van der Waals surface area contributed by atoms with Crippen molar-refractivity contribution in [2.75, 3.05) is 26.0 Å². The molecule has 3 aromatic rings. The van der Waals surface area contributed by atoms with E-state index in [2.05, 4.69) is 49.4 Å². The maximum absolute atomic E-state index is 12.5. The number of pyridine rings is 1. The van der Waals surface area contributed by atoms with Gasteiger partial charge in [-0.3, -0.25) is 4.57 Å². The second-order valence-corrected chi connectivity index (χ2v) is 9.69. The van der Waals surface area contributed by atoms with E-state index < -0.39 is 7.60 Å². The zero-order chi connectivity index (χ0) is 22.8. The van der Waals surface area contributed by atoms with E-state index in [0.29, 0.717) is 39.0 Å². The van der Waals surface area contributed by atoms with E-state index in [1.807, 2.05) is 38.1 Å². The number of ether oxygens (including phenoxy) is 1. The third-order valence-corrected chi connectivity index (χ3v) is 7.15. The summed E-state index contributed by atoms with van der Waals surface area (Å²) in [5, 5.41) is 0. The fourth-order valence-corrected chi connectivity index (χ4v) is 5.09. The smallest absolute Gasteiger partial charge is 0.330 e. The Morgan fingerprint density at radius 3 is 2.19 bits per heavy atom.